The molecule has 2 aromatic rings. The Morgan fingerprint density at radius 3 is 2.87 bits per heavy atom. The second kappa shape index (κ2) is 6.64. The molecule has 0 spiro atoms. The van der Waals surface area contributed by atoms with Crippen molar-refractivity contribution >= 4 is 27.5 Å². The molecular weight excluding hydrogens is 360 g/mol. The third-order valence-electron chi connectivity index (χ3n) is 3.76. The summed E-state index contributed by atoms with van der Waals surface area (Å²) in [6.07, 6.45) is 0.686. The van der Waals surface area contributed by atoms with Crippen LogP contribution in [0.25, 0.3) is 0 Å². The van der Waals surface area contributed by atoms with Crippen LogP contribution in [0.3, 0.4) is 0 Å². The lowest BCUT2D eigenvalue weighted by Crippen LogP contribution is -2.40. The molecule has 0 unspecified atom stereocenters. The molecule has 0 radical (unpaired) electrons. The largest absolute Gasteiger partial charge is 0.325 e. The molecule has 1 aromatic heterocycles. The molecule has 120 valence electrons. The van der Waals surface area contributed by atoms with Crippen LogP contribution < -0.4 is 10.9 Å². The highest BCUT2D eigenvalue weighted by molar-refractivity contribution is 9.10. The zero-order chi connectivity index (χ0) is 16.4. The fourth-order valence-electron chi connectivity index (χ4n) is 2.68. The molecule has 0 atom stereocenters. The van der Waals surface area contributed by atoms with Gasteiger partial charge in [-0.05, 0) is 31.2 Å². The van der Waals surface area contributed by atoms with Crippen LogP contribution in [0.1, 0.15) is 17.1 Å². The van der Waals surface area contributed by atoms with Gasteiger partial charge in [0.05, 0.1) is 17.8 Å². The van der Waals surface area contributed by atoms with Gasteiger partial charge in [-0.2, -0.15) is 0 Å². The van der Waals surface area contributed by atoms with Crippen molar-refractivity contribution in [3.8, 4) is 0 Å². The smallest absolute Gasteiger partial charge is 0.255 e. The van der Waals surface area contributed by atoms with Gasteiger partial charge in [-0.3, -0.25) is 14.5 Å². The van der Waals surface area contributed by atoms with E-state index in [2.05, 4.69) is 31.2 Å². The number of rotatable bonds is 3. The number of H-pyrrole nitrogens is 1. The van der Waals surface area contributed by atoms with Gasteiger partial charge in [0.1, 0.15) is 5.82 Å². The molecule has 1 aliphatic heterocycles. The van der Waals surface area contributed by atoms with Gasteiger partial charge in [0.15, 0.2) is 0 Å². The van der Waals surface area contributed by atoms with Crippen LogP contribution in [0, 0.1) is 6.92 Å². The molecule has 1 aliphatic rings. The monoisotopic (exact) mass is 376 g/mol. The lowest BCUT2D eigenvalue weighted by atomic mass is 10.1. The first-order chi connectivity index (χ1) is 11.0. The summed E-state index contributed by atoms with van der Waals surface area (Å²) in [5.41, 5.74) is 2.16. The summed E-state index contributed by atoms with van der Waals surface area (Å²) in [6.45, 7) is 3.20. The maximum absolute atomic E-state index is 12.2. The number of carbonyl (C=O) groups is 1. The van der Waals surface area contributed by atoms with E-state index in [4.69, 9.17) is 0 Å². The van der Waals surface area contributed by atoms with E-state index in [-0.39, 0.29) is 18.0 Å². The van der Waals surface area contributed by atoms with Crippen molar-refractivity contribution in [2.75, 3.05) is 18.4 Å². The van der Waals surface area contributed by atoms with E-state index >= 15 is 0 Å². The van der Waals surface area contributed by atoms with Crippen molar-refractivity contribution in [3.63, 3.8) is 0 Å². The van der Waals surface area contributed by atoms with Crippen molar-refractivity contribution in [1.82, 2.24) is 14.9 Å². The molecule has 0 saturated heterocycles. The number of halogens is 1. The second-order valence-electron chi connectivity index (χ2n) is 5.59. The normalized spacial score (nSPS) is 14.3. The first-order valence-electron chi connectivity index (χ1n) is 7.38. The minimum atomic E-state index is -0.106. The van der Waals surface area contributed by atoms with Crippen LogP contribution in [0.5, 0.6) is 0 Å². The number of nitrogens with zero attached hydrogens (tertiary/aromatic N) is 2. The summed E-state index contributed by atoms with van der Waals surface area (Å²) >= 11 is 3.36. The lowest BCUT2D eigenvalue weighted by molar-refractivity contribution is -0.117. The summed E-state index contributed by atoms with van der Waals surface area (Å²) in [4.78, 5) is 33.2. The first kappa shape index (κ1) is 15.9. The van der Waals surface area contributed by atoms with Crippen LogP contribution >= 0.6 is 15.9 Å². The van der Waals surface area contributed by atoms with E-state index in [0.29, 0.717) is 24.4 Å². The third-order valence-corrected chi connectivity index (χ3v) is 4.29. The highest BCUT2D eigenvalue weighted by Gasteiger charge is 2.22. The maximum atomic E-state index is 12.2. The van der Waals surface area contributed by atoms with Gasteiger partial charge < -0.3 is 10.3 Å². The van der Waals surface area contributed by atoms with Crippen molar-refractivity contribution in [2.24, 2.45) is 0 Å². The summed E-state index contributed by atoms with van der Waals surface area (Å²) < 4.78 is 0.963. The Morgan fingerprint density at radius 1 is 1.39 bits per heavy atom. The maximum Gasteiger partial charge on any atom is 0.255 e. The molecule has 3 rings (SSSR count). The number of aryl methyl sites for hydroxylation is 1. The van der Waals surface area contributed by atoms with Crippen molar-refractivity contribution in [1.29, 1.82) is 0 Å². The number of anilines is 1. The van der Waals surface area contributed by atoms with Crippen LogP contribution in [-0.4, -0.2) is 33.9 Å². The summed E-state index contributed by atoms with van der Waals surface area (Å²) in [5.74, 6) is 0.544. The minimum absolute atomic E-state index is 0.0905. The van der Waals surface area contributed by atoms with Gasteiger partial charge in [-0.25, -0.2) is 4.98 Å². The molecule has 2 N–H and O–H groups in total. The van der Waals surface area contributed by atoms with Crippen LogP contribution in [0.2, 0.25) is 0 Å². The number of carbonyl (C=O) groups excluding carboxylic acids is 1. The number of hydrogen-bond acceptors (Lipinski definition) is 4. The topological polar surface area (TPSA) is 78.1 Å². The SMILES string of the molecule is Cc1nc2c(c(=O)[nH]1)CN(CC(=O)Nc1ccc(Br)cc1)CC2. The van der Waals surface area contributed by atoms with E-state index in [0.717, 1.165) is 22.4 Å². The number of fused-ring (bicyclic) bond motifs is 1. The van der Waals surface area contributed by atoms with E-state index in [9.17, 15) is 9.59 Å². The quantitative estimate of drug-likeness (QED) is 0.856. The molecule has 1 amide bonds. The number of amides is 1. The number of benzene rings is 1. The van der Waals surface area contributed by atoms with Gasteiger partial charge in [0.2, 0.25) is 5.91 Å². The number of nitrogens with one attached hydrogen (secondary N) is 2. The predicted molar refractivity (Wildman–Crippen MR) is 91.3 cm³/mol. The standard InChI is InChI=1S/C16H17BrN4O2/c1-10-18-14-6-7-21(8-13(14)16(23)19-10)9-15(22)20-12-4-2-11(17)3-5-12/h2-5H,6-9H2,1H3,(H,20,22)(H,18,19,23). The van der Waals surface area contributed by atoms with Crippen LogP contribution in [0.15, 0.2) is 33.5 Å². The summed E-state index contributed by atoms with van der Waals surface area (Å²) in [7, 11) is 0. The van der Waals surface area contributed by atoms with Gasteiger partial charge in [-0.1, -0.05) is 15.9 Å². The molecule has 7 heteroatoms. The molecule has 1 aromatic carbocycles. The Kier molecular flexibility index (Phi) is 4.58. The zero-order valence-corrected chi connectivity index (χ0v) is 14.3. The van der Waals surface area contributed by atoms with Crippen LogP contribution in [-0.2, 0) is 17.8 Å². The van der Waals surface area contributed by atoms with E-state index in [1.54, 1.807) is 6.92 Å². The number of aromatic nitrogens is 2. The third kappa shape index (κ3) is 3.86. The Labute approximate surface area is 142 Å². The molecular formula is C16H17BrN4O2. The highest BCUT2D eigenvalue weighted by atomic mass is 79.9. The molecule has 0 saturated carbocycles. The minimum Gasteiger partial charge on any atom is -0.325 e. The number of hydrogen-bond donors (Lipinski definition) is 2. The van der Waals surface area contributed by atoms with E-state index < -0.39 is 0 Å². The molecule has 6 nitrogen and oxygen atoms in total. The fraction of sp³-hybridized carbons (Fsp3) is 0.312. The van der Waals surface area contributed by atoms with Crippen molar-refractivity contribution < 1.29 is 4.79 Å². The van der Waals surface area contributed by atoms with Gasteiger partial charge in [0.25, 0.3) is 5.56 Å². The Bertz CT molecular complexity index is 786. The summed E-state index contributed by atoms with van der Waals surface area (Å²) in [5, 5.41) is 2.86. The van der Waals surface area contributed by atoms with Gasteiger partial charge in [0, 0.05) is 29.7 Å². The zero-order valence-electron chi connectivity index (χ0n) is 12.7. The Morgan fingerprint density at radius 2 is 2.13 bits per heavy atom. The average Bonchev–Trinajstić information content (AvgIpc) is 2.50. The van der Waals surface area contributed by atoms with Crippen molar-refractivity contribution in [2.45, 2.75) is 19.9 Å². The van der Waals surface area contributed by atoms with Crippen LogP contribution in [0.4, 0.5) is 5.69 Å². The molecule has 2 heterocycles. The molecule has 0 aliphatic carbocycles. The first-order valence-corrected chi connectivity index (χ1v) is 8.17. The van der Waals surface area contributed by atoms with E-state index in [1.807, 2.05) is 29.2 Å². The summed E-state index contributed by atoms with van der Waals surface area (Å²) in [6, 6.07) is 7.43. The highest BCUT2D eigenvalue weighted by Crippen LogP contribution is 2.15. The fourth-order valence-corrected chi connectivity index (χ4v) is 2.94. The van der Waals surface area contributed by atoms with Gasteiger partial charge >= 0.3 is 0 Å². The Balaban J connectivity index is 1.64. The van der Waals surface area contributed by atoms with E-state index in [1.165, 1.54) is 0 Å². The van der Waals surface area contributed by atoms with Gasteiger partial charge in [-0.15, -0.1) is 0 Å². The van der Waals surface area contributed by atoms with Crippen molar-refractivity contribution in [3.05, 3.63) is 56.2 Å². The number of aromatic amines is 1. The second-order valence-corrected chi connectivity index (χ2v) is 6.51. The molecule has 0 bridgehead atoms. The molecule has 23 heavy (non-hydrogen) atoms. The average molecular weight is 377 g/mol. The predicted octanol–water partition coefficient (Wildman–Crippen LogP) is 1.84. The Hall–Kier alpha value is -1.99. The lowest BCUT2D eigenvalue weighted by Gasteiger charge is -2.26. The molecule has 0 fully saturated rings.